The van der Waals surface area contributed by atoms with Crippen molar-refractivity contribution in [1.29, 1.82) is 0 Å². The van der Waals surface area contributed by atoms with E-state index in [2.05, 4.69) is 0 Å². The van der Waals surface area contributed by atoms with Crippen LogP contribution >= 0.6 is 0 Å². The lowest BCUT2D eigenvalue weighted by Crippen LogP contribution is -2.12. The molecule has 76 valence electrons. The van der Waals surface area contributed by atoms with Crippen molar-refractivity contribution in [1.82, 2.24) is 0 Å². The van der Waals surface area contributed by atoms with E-state index in [1.807, 2.05) is 25.1 Å². The predicted molar refractivity (Wildman–Crippen MR) is 57.1 cm³/mol. The molecule has 0 spiro atoms. The largest absolute Gasteiger partial charge is 0.507 e. The van der Waals surface area contributed by atoms with Crippen LogP contribution in [0.1, 0.15) is 36.9 Å². The zero-order valence-electron chi connectivity index (χ0n) is 8.53. The molecule has 0 saturated heterocycles. The van der Waals surface area contributed by atoms with Crippen LogP contribution in [0.15, 0.2) is 18.2 Å². The minimum Gasteiger partial charge on any atom is -0.507 e. The maximum atomic E-state index is 9.96. The molecule has 0 amide bonds. The van der Waals surface area contributed by atoms with E-state index in [1.54, 1.807) is 0 Å². The number of rotatable bonds is 3. The summed E-state index contributed by atoms with van der Waals surface area (Å²) >= 11 is 0. The molecule has 0 bridgehead atoms. The topological polar surface area (TPSA) is 46.2 Å². The zero-order valence-corrected chi connectivity index (χ0v) is 8.53. The van der Waals surface area contributed by atoms with Gasteiger partial charge in [-0.05, 0) is 30.7 Å². The molecule has 3 N–H and O–H groups in total. The van der Waals surface area contributed by atoms with E-state index in [-0.39, 0.29) is 6.04 Å². The summed E-state index contributed by atoms with van der Waals surface area (Å²) in [7, 11) is 0. The molecule has 2 nitrogen and oxygen atoms in total. The lowest BCUT2D eigenvalue weighted by atomic mass is 9.98. The van der Waals surface area contributed by atoms with Crippen LogP contribution in [0.2, 0.25) is 0 Å². The average molecular weight is 191 g/mol. The van der Waals surface area contributed by atoms with Crippen molar-refractivity contribution >= 4 is 0 Å². The molecule has 2 rings (SSSR count). The van der Waals surface area contributed by atoms with E-state index in [4.69, 9.17) is 5.73 Å². The highest BCUT2D eigenvalue weighted by molar-refractivity contribution is 5.42. The standard InChI is InChI=1S/C12H17NO/c1-2-8-4-3-5-10(12(8)14)11(13)9-6-7-9/h3-5,9,11,14H,2,6-7,13H2,1H3/t11-/m0/s1. The van der Waals surface area contributed by atoms with Gasteiger partial charge in [-0.2, -0.15) is 0 Å². The van der Waals surface area contributed by atoms with Gasteiger partial charge in [-0.1, -0.05) is 25.1 Å². The number of benzene rings is 1. The molecule has 0 radical (unpaired) electrons. The van der Waals surface area contributed by atoms with E-state index in [9.17, 15) is 5.11 Å². The fourth-order valence-corrected chi connectivity index (χ4v) is 1.87. The third kappa shape index (κ3) is 1.62. The number of nitrogens with two attached hydrogens (primary N) is 1. The molecule has 1 aromatic rings. The number of hydrogen-bond acceptors (Lipinski definition) is 2. The molecule has 1 fully saturated rings. The average Bonchev–Trinajstić information content (AvgIpc) is 3.00. The Labute approximate surface area is 84.7 Å². The Kier molecular flexibility index (Phi) is 2.46. The molecule has 1 saturated carbocycles. The van der Waals surface area contributed by atoms with Gasteiger partial charge >= 0.3 is 0 Å². The lowest BCUT2D eigenvalue weighted by Gasteiger charge is -2.14. The monoisotopic (exact) mass is 191 g/mol. The van der Waals surface area contributed by atoms with E-state index < -0.39 is 0 Å². The molecule has 1 atom stereocenters. The number of aryl methyl sites for hydroxylation is 1. The van der Waals surface area contributed by atoms with Crippen molar-refractivity contribution < 1.29 is 5.11 Å². The van der Waals surface area contributed by atoms with Gasteiger partial charge in [0.15, 0.2) is 0 Å². The van der Waals surface area contributed by atoms with Crippen molar-refractivity contribution in [3.05, 3.63) is 29.3 Å². The first-order valence-corrected chi connectivity index (χ1v) is 5.30. The van der Waals surface area contributed by atoms with Gasteiger partial charge in [0, 0.05) is 11.6 Å². The Morgan fingerprint density at radius 2 is 2.21 bits per heavy atom. The molecule has 1 aliphatic carbocycles. The first-order valence-electron chi connectivity index (χ1n) is 5.30. The van der Waals surface area contributed by atoms with Crippen LogP contribution in [0.4, 0.5) is 0 Å². The van der Waals surface area contributed by atoms with Crippen molar-refractivity contribution in [2.75, 3.05) is 0 Å². The highest BCUT2D eigenvalue weighted by Crippen LogP contribution is 2.42. The van der Waals surface area contributed by atoms with Crippen LogP contribution in [0.5, 0.6) is 5.75 Å². The first kappa shape index (κ1) is 9.53. The maximum absolute atomic E-state index is 9.96. The van der Waals surface area contributed by atoms with Crippen LogP contribution in [0, 0.1) is 5.92 Å². The van der Waals surface area contributed by atoms with E-state index >= 15 is 0 Å². The van der Waals surface area contributed by atoms with Crippen molar-refractivity contribution in [3.8, 4) is 5.75 Å². The van der Waals surface area contributed by atoms with E-state index in [0.29, 0.717) is 11.7 Å². The fraction of sp³-hybridized carbons (Fsp3) is 0.500. The smallest absolute Gasteiger partial charge is 0.123 e. The van der Waals surface area contributed by atoms with Gasteiger partial charge in [0.1, 0.15) is 5.75 Å². The predicted octanol–water partition coefficient (Wildman–Crippen LogP) is 2.36. The van der Waals surface area contributed by atoms with Crippen LogP contribution < -0.4 is 5.73 Å². The Bertz CT molecular complexity index is 331. The maximum Gasteiger partial charge on any atom is 0.123 e. The van der Waals surface area contributed by atoms with Gasteiger partial charge in [0.05, 0.1) is 0 Å². The Morgan fingerprint density at radius 1 is 1.50 bits per heavy atom. The number of phenolic OH excluding ortho intramolecular Hbond substituents is 1. The Balaban J connectivity index is 2.31. The molecule has 0 aromatic heterocycles. The molecular formula is C12H17NO. The summed E-state index contributed by atoms with van der Waals surface area (Å²) in [6.45, 7) is 2.04. The van der Waals surface area contributed by atoms with Crippen LogP contribution in [0.3, 0.4) is 0 Å². The van der Waals surface area contributed by atoms with Gasteiger partial charge in [-0.25, -0.2) is 0 Å². The highest BCUT2D eigenvalue weighted by atomic mass is 16.3. The molecular weight excluding hydrogens is 174 g/mol. The first-order chi connectivity index (χ1) is 6.74. The Morgan fingerprint density at radius 3 is 2.79 bits per heavy atom. The summed E-state index contributed by atoms with van der Waals surface area (Å²) in [6, 6.07) is 5.91. The normalized spacial score (nSPS) is 18.1. The summed E-state index contributed by atoms with van der Waals surface area (Å²) in [6.07, 6.45) is 3.27. The minimum absolute atomic E-state index is 0.0292. The van der Waals surface area contributed by atoms with Crippen molar-refractivity contribution in [2.45, 2.75) is 32.2 Å². The Hall–Kier alpha value is -1.02. The second-order valence-corrected chi connectivity index (χ2v) is 4.07. The lowest BCUT2D eigenvalue weighted by molar-refractivity contribution is 0.450. The summed E-state index contributed by atoms with van der Waals surface area (Å²) < 4.78 is 0. The molecule has 0 unspecified atom stereocenters. The van der Waals surface area contributed by atoms with Crippen molar-refractivity contribution in [3.63, 3.8) is 0 Å². The molecule has 1 aromatic carbocycles. The second kappa shape index (κ2) is 3.62. The number of phenols is 1. The number of hydrogen-bond donors (Lipinski definition) is 2. The number of aromatic hydroxyl groups is 1. The third-order valence-electron chi connectivity index (χ3n) is 3.02. The number of para-hydroxylation sites is 1. The molecule has 2 heteroatoms. The third-order valence-corrected chi connectivity index (χ3v) is 3.02. The van der Waals surface area contributed by atoms with Gasteiger partial charge in [0.2, 0.25) is 0 Å². The van der Waals surface area contributed by atoms with Crippen LogP contribution in [0.25, 0.3) is 0 Å². The molecule has 0 aliphatic heterocycles. The van der Waals surface area contributed by atoms with Crippen LogP contribution in [-0.4, -0.2) is 5.11 Å². The summed E-state index contributed by atoms with van der Waals surface area (Å²) in [5.41, 5.74) is 7.99. The summed E-state index contributed by atoms with van der Waals surface area (Å²) in [4.78, 5) is 0. The quantitative estimate of drug-likeness (QED) is 0.770. The SMILES string of the molecule is CCc1cccc([C@@H](N)C2CC2)c1O. The van der Waals surface area contributed by atoms with Crippen LogP contribution in [-0.2, 0) is 6.42 Å². The highest BCUT2D eigenvalue weighted by Gasteiger charge is 2.31. The van der Waals surface area contributed by atoms with E-state index in [1.165, 1.54) is 12.8 Å². The van der Waals surface area contributed by atoms with Crippen molar-refractivity contribution in [2.24, 2.45) is 11.7 Å². The molecule has 14 heavy (non-hydrogen) atoms. The van der Waals surface area contributed by atoms with Gasteiger partial charge in [0.25, 0.3) is 0 Å². The summed E-state index contributed by atoms with van der Waals surface area (Å²) in [5.74, 6) is 1.00. The molecule has 0 heterocycles. The zero-order chi connectivity index (χ0) is 10.1. The minimum atomic E-state index is 0.0292. The van der Waals surface area contributed by atoms with Gasteiger partial charge in [-0.15, -0.1) is 0 Å². The summed E-state index contributed by atoms with van der Waals surface area (Å²) in [5, 5.41) is 9.96. The fourth-order valence-electron chi connectivity index (χ4n) is 1.87. The second-order valence-electron chi connectivity index (χ2n) is 4.07. The van der Waals surface area contributed by atoms with E-state index in [0.717, 1.165) is 17.5 Å². The molecule has 1 aliphatic rings. The van der Waals surface area contributed by atoms with Gasteiger partial charge in [-0.3, -0.25) is 0 Å². The van der Waals surface area contributed by atoms with Gasteiger partial charge < -0.3 is 10.8 Å².